The van der Waals surface area contributed by atoms with E-state index in [1.807, 2.05) is 19.9 Å². The number of amides is 1. The molecule has 0 aliphatic rings. The Morgan fingerprint density at radius 1 is 1.24 bits per heavy atom. The van der Waals surface area contributed by atoms with Crippen LogP contribution in [0.5, 0.6) is 0 Å². The average molecular weight is 355 g/mol. The SMILES string of the molecule is CC(C)c1ccc(C#N)c(SCC(=O)Nc2ccc(C(=O)O)cc2)n1. The number of nitrogens with zero attached hydrogens (tertiary/aromatic N) is 2. The summed E-state index contributed by atoms with van der Waals surface area (Å²) in [6, 6.07) is 11.5. The van der Waals surface area contributed by atoms with E-state index in [1.165, 1.54) is 36.0 Å². The molecule has 6 nitrogen and oxygen atoms in total. The van der Waals surface area contributed by atoms with Crippen LogP contribution in [0.1, 0.15) is 41.4 Å². The topological polar surface area (TPSA) is 103 Å². The normalized spacial score (nSPS) is 10.3. The van der Waals surface area contributed by atoms with Crippen molar-refractivity contribution in [3.05, 3.63) is 53.2 Å². The van der Waals surface area contributed by atoms with Gasteiger partial charge in [-0.05, 0) is 42.3 Å². The molecule has 0 radical (unpaired) electrons. The smallest absolute Gasteiger partial charge is 0.335 e. The van der Waals surface area contributed by atoms with E-state index < -0.39 is 5.97 Å². The first kappa shape index (κ1) is 18.5. The minimum atomic E-state index is -1.02. The Labute approximate surface area is 149 Å². The highest BCUT2D eigenvalue weighted by Crippen LogP contribution is 2.23. The molecule has 128 valence electrons. The predicted octanol–water partition coefficient (Wildman–Crippen LogP) is 3.51. The highest BCUT2D eigenvalue weighted by atomic mass is 32.2. The lowest BCUT2D eigenvalue weighted by atomic mass is 10.1. The number of aromatic carboxylic acids is 1. The lowest BCUT2D eigenvalue weighted by Crippen LogP contribution is -2.14. The molecule has 0 bridgehead atoms. The number of nitrogens with one attached hydrogen (secondary N) is 1. The lowest BCUT2D eigenvalue weighted by molar-refractivity contribution is -0.113. The van der Waals surface area contributed by atoms with Gasteiger partial charge >= 0.3 is 5.97 Å². The molecule has 1 amide bonds. The molecule has 0 aliphatic heterocycles. The number of carboxylic acids is 1. The van der Waals surface area contributed by atoms with Crippen LogP contribution in [-0.2, 0) is 4.79 Å². The molecule has 2 N–H and O–H groups in total. The molecule has 1 heterocycles. The molecule has 1 aromatic carbocycles. The molecule has 7 heteroatoms. The number of aromatic nitrogens is 1. The van der Waals surface area contributed by atoms with Gasteiger partial charge < -0.3 is 10.4 Å². The molecular formula is C18H17N3O3S. The quantitative estimate of drug-likeness (QED) is 0.769. The Bertz CT molecular complexity index is 826. The van der Waals surface area contributed by atoms with Crippen LogP contribution in [0.25, 0.3) is 0 Å². The van der Waals surface area contributed by atoms with Gasteiger partial charge in [0.25, 0.3) is 0 Å². The Morgan fingerprint density at radius 2 is 1.92 bits per heavy atom. The van der Waals surface area contributed by atoms with Gasteiger partial charge in [0.15, 0.2) is 0 Å². The van der Waals surface area contributed by atoms with Crippen LogP contribution in [0.4, 0.5) is 5.69 Å². The second-order valence-corrected chi connectivity index (χ2v) is 6.54. The third-order valence-corrected chi connectivity index (χ3v) is 4.34. The maximum absolute atomic E-state index is 12.1. The number of anilines is 1. The largest absolute Gasteiger partial charge is 0.478 e. The van der Waals surface area contributed by atoms with Gasteiger partial charge in [0, 0.05) is 11.4 Å². The fraction of sp³-hybridized carbons (Fsp3) is 0.222. The van der Waals surface area contributed by atoms with E-state index in [0.29, 0.717) is 16.3 Å². The number of hydrogen-bond acceptors (Lipinski definition) is 5. The van der Waals surface area contributed by atoms with Crippen LogP contribution in [0.15, 0.2) is 41.4 Å². The number of hydrogen-bond donors (Lipinski definition) is 2. The summed E-state index contributed by atoms with van der Waals surface area (Å²) in [4.78, 5) is 27.3. The van der Waals surface area contributed by atoms with Crippen LogP contribution in [0.3, 0.4) is 0 Å². The zero-order chi connectivity index (χ0) is 18.4. The summed E-state index contributed by atoms with van der Waals surface area (Å²) in [7, 11) is 0. The minimum absolute atomic E-state index is 0.101. The van der Waals surface area contributed by atoms with Crippen LogP contribution in [0, 0.1) is 11.3 Å². The van der Waals surface area contributed by atoms with Crippen LogP contribution >= 0.6 is 11.8 Å². The standard InChI is InChI=1S/C18H17N3O3S/c1-11(2)15-8-5-13(9-19)17(21-15)25-10-16(22)20-14-6-3-12(4-7-14)18(23)24/h3-8,11H,10H2,1-2H3,(H,20,22)(H,23,24). The predicted molar refractivity (Wildman–Crippen MR) is 95.8 cm³/mol. The monoisotopic (exact) mass is 355 g/mol. The molecule has 25 heavy (non-hydrogen) atoms. The molecule has 0 atom stereocenters. The van der Waals surface area contributed by atoms with E-state index in [4.69, 9.17) is 10.4 Å². The van der Waals surface area contributed by atoms with Crippen molar-refractivity contribution in [2.24, 2.45) is 0 Å². The van der Waals surface area contributed by atoms with Gasteiger partial charge in [0.05, 0.1) is 16.9 Å². The maximum atomic E-state index is 12.1. The summed E-state index contributed by atoms with van der Waals surface area (Å²) >= 11 is 1.20. The summed E-state index contributed by atoms with van der Waals surface area (Å²) in [6.45, 7) is 4.02. The van der Waals surface area contributed by atoms with Crippen LogP contribution < -0.4 is 5.32 Å². The van der Waals surface area contributed by atoms with Gasteiger partial charge in [0.1, 0.15) is 11.1 Å². The van der Waals surface area contributed by atoms with Crippen LogP contribution in [-0.4, -0.2) is 27.7 Å². The number of rotatable bonds is 6. The molecule has 0 aliphatic carbocycles. The van der Waals surface area contributed by atoms with Crippen molar-refractivity contribution in [3.63, 3.8) is 0 Å². The van der Waals surface area contributed by atoms with Crippen molar-refractivity contribution in [3.8, 4) is 6.07 Å². The molecule has 0 fully saturated rings. The Kier molecular flexibility index (Phi) is 6.14. The fourth-order valence-corrected chi connectivity index (χ4v) is 2.78. The van der Waals surface area contributed by atoms with Crippen molar-refractivity contribution in [2.45, 2.75) is 24.8 Å². The first-order chi connectivity index (χ1) is 11.9. The number of nitriles is 1. The van der Waals surface area contributed by atoms with E-state index >= 15 is 0 Å². The molecular weight excluding hydrogens is 338 g/mol. The third kappa shape index (κ3) is 5.06. The van der Waals surface area contributed by atoms with Gasteiger partial charge in [-0.1, -0.05) is 25.6 Å². The summed E-state index contributed by atoms with van der Waals surface area (Å²) in [5.74, 6) is -0.944. The number of benzene rings is 1. The fourth-order valence-electron chi connectivity index (χ4n) is 2.00. The second-order valence-electron chi connectivity index (χ2n) is 5.57. The van der Waals surface area contributed by atoms with Crippen molar-refractivity contribution in [2.75, 3.05) is 11.1 Å². The third-order valence-electron chi connectivity index (χ3n) is 3.35. The molecule has 2 aromatic rings. The van der Waals surface area contributed by atoms with E-state index in [-0.39, 0.29) is 23.1 Å². The van der Waals surface area contributed by atoms with Gasteiger partial charge in [0.2, 0.25) is 5.91 Å². The van der Waals surface area contributed by atoms with E-state index in [2.05, 4.69) is 16.4 Å². The highest BCUT2D eigenvalue weighted by molar-refractivity contribution is 8.00. The van der Waals surface area contributed by atoms with Gasteiger partial charge in [-0.3, -0.25) is 4.79 Å². The highest BCUT2D eigenvalue weighted by Gasteiger charge is 2.11. The van der Waals surface area contributed by atoms with Gasteiger partial charge in [-0.15, -0.1) is 0 Å². The van der Waals surface area contributed by atoms with E-state index in [1.54, 1.807) is 6.07 Å². The number of pyridine rings is 1. The Hall–Kier alpha value is -2.85. The van der Waals surface area contributed by atoms with Crippen molar-refractivity contribution >= 4 is 29.3 Å². The maximum Gasteiger partial charge on any atom is 0.335 e. The lowest BCUT2D eigenvalue weighted by Gasteiger charge is -2.09. The van der Waals surface area contributed by atoms with Gasteiger partial charge in [-0.25, -0.2) is 9.78 Å². The average Bonchev–Trinajstić information content (AvgIpc) is 2.60. The molecule has 0 saturated heterocycles. The molecule has 0 saturated carbocycles. The minimum Gasteiger partial charge on any atom is -0.478 e. The summed E-state index contributed by atoms with van der Waals surface area (Å²) in [6.07, 6.45) is 0. The summed E-state index contributed by atoms with van der Waals surface area (Å²) in [5, 5.41) is 21.2. The summed E-state index contributed by atoms with van der Waals surface area (Å²) in [5.41, 5.74) is 1.97. The second kappa shape index (κ2) is 8.31. The number of carboxylic acid groups (broad SMARTS) is 1. The molecule has 0 spiro atoms. The van der Waals surface area contributed by atoms with Crippen molar-refractivity contribution in [1.29, 1.82) is 5.26 Å². The molecule has 2 rings (SSSR count). The molecule has 1 aromatic heterocycles. The zero-order valence-corrected chi connectivity index (χ0v) is 14.6. The Morgan fingerprint density at radius 3 is 2.48 bits per heavy atom. The number of thioether (sulfide) groups is 1. The van der Waals surface area contributed by atoms with E-state index in [9.17, 15) is 9.59 Å². The Balaban J connectivity index is 2.01. The van der Waals surface area contributed by atoms with E-state index in [0.717, 1.165) is 5.69 Å². The van der Waals surface area contributed by atoms with Crippen molar-refractivity contribution in [1.82, 2.24) is 4.98 Å². The van der Waals surface area contributed by atoms with Gasteiger partial charge in [-0.2, -0.15) is 5.26 Å². The molecule has 0 unspecified atom stereocenters. The first-order valence-electron chi connectivity index (χ1n) is 7.57. The number of carbonyl (C=O) groups is 2. The van der Waals surface area contributed by atoms with Crippen molar-refractivity contribution < 1.29 is 14.7 Å². The number of carbonyl (C=O) groups excluding carboxylic acids is 1. The summed E-state index contributed by atoms with van der Waals surface area (Å²) < 4.78 is 0. The first-order valence-corrected chi connectivity index (χ1v) is 8.56. The van der Waals surface area contributed by atoms with Crippen LogP contribution in [0.2, 0.25) is 0 Å². The zero-order valence-electron chi connectivity index (χ0n) is 13.8.